The molecule has 0 aliphatic rings. The van der Waals surface area contributed by atoms with Crippen LogP contribution in [0.5, 0.6) is 0 Å². The Kier molecular flexibility index (Phi) is 5.28. The van der Waals surface area contributed by atoms with Gasteiger partial charge in [-0.3, -0.25) is 4.79 Å². The van der Waals surface area contributed by atoms with E-state index in [0.717, 1.165) is 0 Å². The van der Waals surface area contributed by atoms with Gasteiger partial charge in [0.2, 0.25) is 0 Å². The Morgan fingerprint density at radius 3 is 2.00 bits per heavy atom. The van der Waals surface area contributed by atoms with Crippen LogP contribution in [-0.4, -0.2) is 32.5 Å². The highest BCUT2D eigenvalue weighted by atomic mass is 32.2. The van der Waals surface area contributed by atoms with Crippen molar-refractivity contribution < 1.29 is 17.9 Å². The Bertz CT molecular complexity index is 305. The van der Waals surface area contributed by atoms with Gasteiger partial charge in [0.15, 0.2) is 9.84 Å². The maximum Gasteiger partial charge on any atom is 0.309 e. The number of methoxy groups -OCH3 is 1. The molecule has 0 N–H and O–H groups in total. The molecule has 0 saturated heterocycles. The zero-order chi connectivity index (χ0) is 12.2. The number of hydrogen-bond acceptors (Lipinski definition) is 4. The molecule has 0 aromatic rings. The maximum atomic E-state index is 11.8. The van der Waals surface area contributed by atoms with E-state index in [4.69, 9.17) is 0 Å². The Labute approximate surface area is 91.9 Å². The van der Waals surface area contributed by atoms with E-state index in [9.17, 15) is 13.2 Å². The second-order valence-corrected chi connectivity index (χ2v) is 6.61. The van der Waals surface area contributed by atoms with Crippen LogP contribution in [0.3, 0.4) is 0 Å². The van der Waals surface area contributed by atoms with Crippen molar-refractivity contribution in [2.75, 3.05) is 12.9 Å². The number of esters is 1. The van der Waals surface area contributed by atoms with E-state index < -0.39 is 27.0 Å². The summed E-state index contributed by atoms with van der Waals surface area (Å²) in [5, 5.41) is -0.426. The molecule has 15 heavy (non-hydrogen) atoms. The molecule has 0 aliphatic carbocycles. The van der Waals surface area contributed by atoms with Gasteiger partial charge in [-0.25, -0.2) is 8.42 Å². The summed E-state index contributed by atoms with van der Waals surface area (Å²) in [6, 6.07) is 0. The lowest BCUT2D eigenvalue weighted by atomic mass is 10.2. The predicted molar refractivity (Wildman–Crippen MR) is 59.3 cm³/mol. The van der Waals surface area contributed by atoms with Gasteiger partial charge in [-0.15, -0.1) is 0 Å². The van der Waals surface area contributed by atoms with Crippen LogP contribution < -0.4 is 0 Å². The van der Waals surface area contributed by atoms with Gasteiger partial charge in [0.1, 0.15) is 0 Å². The fourth-order valence-corrected chi connectivity index (χ4v) is 3.15. The van der Waals surface area contributed by atoms with Gasteiger partial charge in [0.05, 0.1) is 24.0 Å². The van der Waals surface area contributed by atoms with E-state index in [0.29, 0.717) is 0 Å². The normalized spacial score (nSPS) is 16.1. The van der Waals surface area contributed by atoms with Crippen molar-refractivity contribution in [2.45, 2.75) is 32.9 Å². The molecule has 0 aromatic carbocycles. The monoisotopic (exact) mass is 236 g/mol. The molecule has 5 heteroatoms. The van der Waals surface area contributed by atoms with E-state index >= 15 is 0 Å². The first-order chi connectivity index (χ1) is 6.72. The average Bonchev–Trinajstić information content (AvgIpc) is 2.14. The molecule has 0 heterocycles. The van der Waals surface area contributed by atoms with Crippen LogP contribution in [-0.2, 0) is 19.4 Å². The van der Waals surface area contributed by atoms with Crippen molar-refractivity contribution >= 4 is 15.8 Å². The summed E-state index contributed by atoms with van der Waals surface area (Å²) in [5.74, 6) is -1.16. The summed E-state index contributed by atoms with van der Waals surface area (Å²) in [6.07, 6.45) is 0. The van der Waals surface area contributed by atoms with Crippen LogP contribution in [0.2, 0.25) is 0 Å². The van der Waals surface area contributed by atoms with Gasteiger partial charge in [-0.05, 0) is 12.8 Å². The first-order valence-electron chi connectivity index (χ1n) is 5.01. The molecule has 90 valence electrons. The highest BCUT2D eigenvalue weighted by molar-refractivity contribution is 7.92. The van der Waals surface area contributed by atoms with Crippen LogP contribution >= 0.6 is 0 Å². The highest BCUT2D eigenvalue weighted by Gasteiger charge is 2.28. The van der Waals surface area contributed by atoms with Gasteiger partial charge in [-0.2, -0.15) is 0 Å². The Morgan fingerprint density at radius 1 is 1.20 bits per heavy atom. The van der Waals surface area contributed by atoms with Gasteiger partial charge >= 0.3 is 5.97 Å². The molecule has 2 atom stereocenters. The molecule has 4 nitrogen and oxygen atoms in total. The second-order valence-electron chi connectivity index (χ2n) is 4.20. The van der Waals surface area contributed by atoms with E-state index in [2.05, 4.69) is 4.74 Å². The van der Waals surface area contributed by atoms with Gasteiger partial charge < -0.3 is 4.74 Å². The third-order valence-electron chi connectivity index (χ3n) is 2.59. The summed E-state index contributed by atoms with van der Waals surface area (Å²) in [4.78, 5) is 11.1. The topological polar surface area (TPSA) is 60.4 Å². The lowest BCUT2D eigenvalue weighted by Crippen LogP contribution is -2.31. The number of hydrogen-bond donors (Lipinski definition) is 0. The molecular weight excluding hydrogens is 216 g/mol. The molecule has 0 radical (unpaired) electrons. The van der Waals surface area contributed by atoms with Gasteiger partial charge in [-0.1, -0.05) is 20.8 Å². The summed E-state index contributed by atoms with van der Waals surface area (Å²) in [6.45, 7) is 6.94. The van der Waals surface area contributed by atoms with Crippen molar-refractivity contribution in [3.8, 4) is 0 Å². The smallest absolute Gasteiger partial charge is 0.309 e. The van der Waals surface area contributed by atoms with E-state index in [-0.39, 0.29) is 11.7 Å². The number of ether oxygens (including phenoxy) is 1. The van der Waals surface area contributed by atoms with Crippen molar-refractivity contribution in [2.24, 2.45) is 11.8 Å². The highest BCUT2D eigenvalue weighted by Crippen LogP contribution is 2.15. The summed E-state index contributed by atoms with van der Waals surface area (Å²) in [5.41, 5.74) is 0. The molecule has 0 spiro atoms. The van der Waals surface area contributed by atoms with Crippen molar-refractivity contribution in [3.63, 3.8) is 0 Å². The molecule has 0 aromatic heterocycles. The van der Waals surface area contributed by atoms with Crippen molar-refractivity contribution in [1.29, 1.82) is 0 Å². The lowest BCUT2D eigenvalue weighted by Gasteiger charge is -2.18. The zero-order valence-corrected chi connectivity index (χ0v) is 10.8. The summed E-state index contributed by atoms with van der Waals surface area (Å²) < 4.78 is 28.1. The molecule has 0 aliphatic heterocycles. The van der Waals surface area contributed by atoms with Crippen molar-refractivity contribution in [3.05, 3.63) is 0 Å². The Balaban J connectivity index is 4.59. The zero-order valence-electron chi connectivity index (χ0n) is 9.98. The molecule has 0 rings (SSSR count). The largest absolute Gasteiger partial charge is 0.469 e. The number of carbonyl (C=O) groups excluding carboxylic acids is 1. The fourth-order valence-electron chi connectivity index (χ4n) is 1.18. The lowest BCUT2D eigenvalue weighted by molar-refractivity contribution is -0.144. The quantitative estimate of drug-likeness (QED) is 0.674. The molecule has 0 amide bonds. The minimum atomic E-state index is -3.21. The minimum absolute atomic E-state index is 0.0554. The number of carbonyl (C=O) groups is 1. The molecule has 0 fully saturated rings. The first-order valence-corrected chi connectivity index (χ1v) is 6.73. The third-order valence-corrected chi connectivity index (χ3v) is 5.23. The molecule has 2 unspecified atom stereocenters. The third kappa shape index (κ3) is 4.20. The van der Waals surface area contributed by atoms with E-state index in [1.54, 1.807) is 13.8 Å². The van der Waals surface area contributed by atoms with Crippen LogP contribution in [0.15, 0.2) is 0 Å². The van der Waals surface area contributed by atoms with Crippen LogP contribution in [0.25, 0.3) is 0 Å². The number of sulfone groups is 1. The standard InChI is InChI=1S/C10H20O4S/c1-7(2)9(4)15(12,13)6-8(3)10(11)14-5/h7-9H,6H2,1-5H3. The second kappa shape index (κ2) is 5.49. The average molecular weight is 236 g/mol. The van der Waals surface area contributed by atoms with Gasteiger partial charge in [0, 0.05) is 0 Å². The van der Waals surface area contributed by atoms with E-state index in [1.807, 2.05) is 13.8 Å². The van der Waals surface area contributed by atoms with Crippen LogP contribution in [0.1, 0.15) is 27.7 Å². The number of rotatable bonds is 5. The summed E-state index contributed by atoms with van der Waals surface area (Å²) in [7, 11) is -1.95. The fraction of sp³-hybridized carbons (Fsp3) is 0.900. The van der Waals surface area contributed by atoms with E-state index in [1.165, 1.54) is 7.11 Å². The van der Waals surface area contributed by atoms with Gasteiger partial charge in [0.25, 0.3) is 0 Å². The summed E-state index contributed by atoms with van der Waals surface area (Å²) >= 11 is 0. The van der Waals surface area contributed by atoms with Crippen LogP contribution in [0.4, 0.5) is 0 Å². The maximum absolute atomic E-state index is 11.8. The van der Waals surface area contributed by atoms with Crippen LogP contribution in [0, 0.1) is 11.8 Å². The predicted octanol–water partition coefficient (Wildman–Crippen LogP) is 1.25. The first kappa shape index (κ1) is 14.4. The Morgan fingerprint density at radius 2 is 1.67 bits per heavy atom. The molecule has 0 bridgehead atoms. The Hall–Kier alpha value is -0.580. The molecular formula is C10H20O4S. The minimum Gasteiger partial charge on any atom is -0.469 e. The van der Waals surface area contributed by atoms with Crippen molar-refractivity contribution in [1.82, 2.24) is 0 Å². The molecule has 0 saturated carbocycles. The SMILES string of the molecule is COC(=O)C(C)CS(=O)(=O)C(C)C(C)C.